The summed E-state index contributed by atoms with van der Waals surface area (Å²) in [5, 5.41) is 3.17. The fourth-order valence-electron chi connectivity index (χ4n) is 3.10. The lowest BCUT2D eigenvalue weighted by molar-refractivity contribution is -0.177. The number of hydrogen-bond donors (Lipinski definition) is 2. The average Bonchev–Trinajstić information content (AvgIpc) is 2.58. The van der Waals surface area contributed by atoms with Gasteiger partial charge in [0.15, 0.2) is 18.1 Å². The third-order valence-electron chi connectivity index (χ3n) is 5.43. The molecule has 1 aromatic rings. The quantitative estimate of drug-likeness (QED) is 0.750. The maximum absolute atomic E-state index is 12.7. The van der Waals surface area contributed by atoms with Crippen LogP contribution in [-0.4, -0.2) is 44.3 Å². The van der Waals surface area contributed by atoms with Gasteiger partial charge in [-0.05, 0) is 25.5 Å². The number of benzene rings is 1. The number of halogens is 1. The Morgan fingerprint density at radius 3 is 2.46 bits per heavy atom. The third-order valence-corrected chi connectivity index (χ3v) is 5.71. The van der Waals surface area contributed by atoms with E-state index in [0.717, 1.165) is 0 Å². The summed E-state index contributed by atoms with van der Waals surface area (Å²) in [6.07, 6.45) is 0.715. The maximum Gasteiger partial charge on any atom is 0.255 e. The summed E-state index contributed by atoms with van der Waals surface area (Å²) >= 11 is 6.19. The molecule has 0 heterocycles. The molecule has 0 saturated heterocycles. The highest BCUT2D eigenvalue weighted by atomic mass is 35.5. The van der Waals surface area contributed by atoms with E-state index >= 15 is 0 Å². The molecule has 3 N–H and O–H groups in total. The standard InChI is InChI=1S/C18H25ClN2O5/c1-17(2)13(8-18(17,3)25-5)21-16(23)10-6-11(19)15(12(7-10)24-4)26-9-14(20)22/h6-7,13H,8-9H2,1-5H3,(H2,20,22)(H,21,23). The zero-order valence-corrected chi connectivity index (χ0v) is 16.4. The number of carbonyl (C=O) groups is 2. The number of primary amides is 1. The third kappa shape index (κ3) is 3.59. The summed E-state index contributed by atoms with van der Waals surface area (Å²) in [5.74, 6) is -0.500. The van der Waals surface area contributed by atoms with Crippen LogP contribution in [0.15, 0.2) is 12.1 Å². The predicted molar refractivity (Wildman–Crippen MR) is 97.8 cm³/mol. The molecule has 1 aliphatic carbocycles. The van der Waals surface area contributed by atoms with Crippen LogP contribution in [0.5, 0.6) is 11.5 Å². The first kappa shape index (κ1) is 20.3. The second kappa shape index (κ2) is 7.32. The van der Waals surface area contributed by atoms with Crippen molar-refractivity contribution in [1.82, 2.24) is 5.32 Å². The van der Waals surface area contributed by atoms with Gasteiger partial charge in [0, 0.05) is 24.1 Å². The van der Waals surface area contributed by atoms with Crippen LogP contribution in [0.4, 0.5) is 0 Å². The smallest absolute Gasteiger partial charge is 0.255 e. The maximum atomic E-state index is 12.7. The van der Waals surface area contributed by atoms with Crippen LogP contribution in [0, 0.1) is 5.41 Å². The number of amides is 2. The molecule has 144 valence electrons. The molecule has 2 atom stereocenters. The highest BCUT2D eigenvalue weighted by molar-refractivity contribution is 6.32. The van der Waals surface area contributed by atoms with Crippen LogP contribution < -0.4 is 20.5 Å². The van der Waals surface area contributed by atoms with Crippen molar-refractivity contribution in [2.75, 3.05) is 20.8 Å². The van der Waals surface area contributed by atoms with E-state index in [1.807, 2.05) is 6.92 Å². The van der Waals surface area contributed by atoms with Gasteiger partial charge in [-0.25, -0.2) is 0 Å². The summed E-state index contributed by atoms with van der Waals surface area (Å²) in [4.78, 5) is 23.5. The summed E-state index contributed by atoms with van der Waals surface area (Å²) in [6.45, 7) is 5.80. The van der Waals surface area contributed by atoms with Gasteiger partial charge in [-0.3, -0.25) is 9.59 Å². The predicted octanol–water partition coefficient (Wildman–Crippen LogP) is 2.15. The second-order valence-electron chi connectivity index (χ2n) is 7.13. The number of hydrogen-bond acceptors (Lipinski definition) is 5. The van der Waals surface area contributed by atoms with E-state index in [1.54, 1.807) is 7.11 Å². The van der Waals surface area contributed by atoms with Gasteiger partial charge in [0.25, 0.3) is 11.8 Å². The monoisotopic (exact) mass is 384 g/mol. The molecule has 1 aliphatic rings. The van der Waals surface area contributed by atoms with Crippen molar-refractivity contribution < 1.29 is 23.8 Å². The first-order valence-corrected chi connectivity index (χ1v) is 8.58. The van der Waals surface area contributed by atoms with E-state index in [4.69, 9.17) is 31.5 Å². The van der Waals surface area contributed by atoms with Crippen LogP contribution in [0.3, 0.4) is 0 Å². The van der Waals surface area contributed by atoms with E-state index in [0.29, 0.717) is 12.0 Å². The lowest BCUT2D eigenvalue weighted by atomic mass is 9.56. The van der Waals surface area contributed by atoms with Gasteiger partial charge in [0.1, 0.15) is 0 Å². The van der Waals surface area contributed by atoms with Crippen molar-refractivity contribution in [2.24, 2.45) is 11.1 Å². The Morgan fingerprint density at radius 2 is 1.96 bits per heavy atom. The number of nitrogens with two attached hydrogens (primary N) is 1. The minimum atomic E-state index is -0.640. The minimum absolute atomic E-state index is 0.0319. The molecule has 0 radical (unpaired) electrons. The Balaban J connectivity index is 2.17. The fraction of sp³-hybridized carbons (Fsp3) is 0.556. The highest BCUT2D eigenvalue weighted by Gasteiger charge is 2.58. The Labute approximate surface area is 158 Å². The molecule has 0 bridgehead atoms. The normalized spacial score (nSPS) is 23.7. The molecule has 0 aromatic heterocycles. The Kier molecular flexibility index (Phi) is 5.73. The van der Waals surface area contributed by atoms with Crippen LogP contribution in [0.25, 0.3) is 0 Å². The van der Waals surface area contributed by atoms with Gasteiger partial charge in [-0.15, -0.1) is 0 Å². The first-order valence-electron chi connectivity index (χ1n) is 8.20. The molecule has 1 fully saturated rings. The fourth-order valence-corrected chi connectivity index (χ4v) is 3.36. The number of nitrogens with one attached hydrogen (secondary N) is 1. The molecule has 8 heteroatoms. The van der Waals surface area contributed by atoms with Gasteiger partial charge in [-0.1, -0.05) is 25.4 Å². The second-order valence-corrected chi connectivity index (χ2v) is 7.54. The first-order chi connectivity index (χ1) is 12.1. The molecule has 2 unspecified atom stereocenters. The molecule has 0 spiro atoms. The number of ether oxygens (including phenoxy) is 3. The van der Waals surface area contributed by atoms with Gasteiger partial charge < -0.3 is 25.3 Å². The van der Waals surface area contributed by atoms with Gasteiger partial charge in [-0.2, -0.15) is 0 Å². The molecule has 7 nitrogen and oxygen atoms in total. The summed E-state index contributed by atoms with van der Waals surface area (Å²) in [5.41, 5.74) is 4.91. The number of rotatable bonds is 7. The molecule has 26 heavy (non-hydrogen) atoms. The topological polar surface area (TPSA) is 99.9 Å². The Bertz CT molecular complexity index is 722. The van der Waals surface area contributed by atoms with Crippen molar-refractivity contribution in [3.63, 3.8) is 0 Å². The van der Waals surface area contributed by atoms with E-state index < -0.39 is 5.91 Å². The molecule has 1 aromatic carbocycles. The number of carbonyl (C=O) groups excluding carboxylic acids is 2. The van der Waals surface area contributed by atoms with Crippen LogP contribution in [-0.2, 0) is 9.53 Å². The largest absolute Gasteiger partial charge is 0.493 e. The van der Waals surface area contributed by atoms with Crippen LogP contribution in [0.1, 0.15) is 37.6 Å². The Morgan fingerprint density at radius 1 is 1.31 bits per heavy atom. The van der Waals surface area contributed by atoms with E-state index in [-0.39, 0.29) is 46.1 Å². The van der Waals surface area contributed by atoms with Gasteiger partial charge in [0.2, 0.25) is 0 Å². The van der Waals surface area contributed by atoms with Crippen LogP contribution >= 0.6 is 11.6 Å². The van der Waals surface area contributed by atoms with E-state index in [1.165, 1.54) is 19.2 Å². The summed E-state index contributed by atoms with van der Waals surface area (Å²) in [7, 11) is 3.10. The molecule has 0 aliphatic heterocycles. The molecular formula is C18H25ClN2O5. The van der Waals surface area contributed by atoms with E-state index in [9.17, 15) is 9.59 Å². The van der Waals surface area contributed by atoms with Gasteiger partial charge >= 0.3 is 0 Å². The van der Waals surface area contributed by atoms with E-state index in [2.05, 4.69) is 19.2 Å². The minimum Gasteiger partial charge on any atom is -0.493 e. The van der Waals surface area contributed by atoms with Crippen molar-refractivity contribution in [2.45, 2.75) is 38.8 Å². The summed E-state index contributed by atoms with van der Waals surface area (Å²) < 4.78 is 16.1. The Hall–Kier alpha value is -1.99. The lowest BCUT2D eigenvalue weighted by Gasteiger charge is -2.59. The SMILES string of the molecule is COc1cc(C(=O)NC2CC(C)(OC)C2(C)C)cc(Cl)c1OCC(N)=O. The summed E-state index contributed by atoms with van der Waals surface area (Å²) in [6, 6.07) is 2.95. The van der Waals surface area contributed by atoms with Crippen molar-refractivity contribution in [3.8, 4) is 11.5 Å². The molecule has 2 rings (SSSR count). The van der Waals surface area contributed by atoms with Gasteiger partial charge in [0.05, 0.1) is 17.7 Å². The van der Waals surface area contributed by atoms with Crippen LogP contribution in [0.2, 0.25) is 5.02 Å². The zero-order chi connectivity index (χ0) is 19.7. The van der Waals surface area contributed by atoms with Crippen molar-refractivity contribution in [3.05, 3.63) is 22.7 Å². The van der Waals surface area contributed by atoms with Crippen molar-refractivity contribution in [1.29, 1.82) is 0 Å². The molecule has 1 saturated carbocycles. The average molecular weight is 385 g/mol. The molecule has 2 amide bonds. The lowest BCUT2D eigenvalue weighted by Crippen LogP contribution is -2.68. The molecular weight excluding hydrogens is 360 g/mol. The highest BCUT2D eigenvalue weighted by Crippen LogP contribution is 2.51. The van der Waals surface area contributed by atoms with Crippen molar-refractivity contribution >= 4 is 23.4 Å². The zero-order valence-electron chi connectivity index (χ0n) is 15.6. The number of methoxy groups -OCH3 is 2.